The summed E-state index contributed by atoms with van der Waals surface area (Å²) < 4.78 is 4.67. The number of unbranched alkanes of at least 4 members (excludes halogenated alkanes) is 2. The summed E-state index contributed by atoms with van der Waals surface area (Å²) in [4.78, 5) is 30.1. The molecule has 0 bridgehead atoms. The van der Waals surface area contributed by atoms with Crippen molar-refractivity contribution in [1.29, 1.82) is 0 Å². The molecule has 0 rings (SSSR count). The van der Waals surface area contributed by atoms with Gasteiger partial charge in [0.2, 0.25) is 0 Å². The van der Waals surface area contributed by atoms with Crippen molar-refractivity contribution in [2.75, 3.05) is 6.61 Å². The Morgan fingerprint density at radius 3 is 1.85 bits per heavy atom. The highest BCUT2D eigenvalue weighted by atomic mass is 16.5. The average Bonchev–Trinajstić information content (AvgIpc) is 2.65. The fourth-order valence-electron chi connectivity index (χ4n) is 1.76. The number of hydrogen-bond acceptors (Lipinski definition) is 4. The highest BCUT2D eigenvalue weighted by Crippen LogP contribution is 2.20. The molecule has 2 N–H and O–H groups in total. The second-order valence-electron chi connectivity index (χ2n) is 5.80. The van der Waals surface area contributed by atoms with Gasteiger partial charge in [0.15, 0.2) is 0 Å². The standard InChI is InChI=1S/C11H20O2.C7H12O2.C3H4O2/c1-4-6-7-10(5-2)8-9(3)11(12)13;1-3-5-6-9-7(8)4-2;1-2-3(4)5/h10H,3-8H2,1-2H3,(H,12,13);4H,2-3,5-6H2,1H3;2H,1H2,(H,4,5). The van der Waals surface area contributed by atoms with Crippen molar-refractivity contribution >= 4 is 17.9 Å². The third-order valence-electron chi connectivity index (χ3n) is 3.46. The lowest BCUT2D eigenvalue weighted by molar-refractivity contribution is -0.138. The molecule has 1 unspecified atom stereocenters. The van der Waals surface area contributed by atoms with Gasteiger partial charge in [0.1, 0.15) is 0 Å². The predicted octanol–water partition coefficient (Wildman–Crippen LogP) is 5.01. The van der Waals surface area contributed by atoms with Crippen molar-refractivity contribution in [3.63, 3.8) is 0 Å². The summed E-state index contributed by atoms with van der Waals surface area (Å²) in [5.74, 6) is -1.66. The van der Waals surface area contributed by atoms with Gasteiger partial charge in [-0.2, -0.15) is 0 Å². The van der Waals surface area contributed by atoms with E-state index in [9.17, 15) is 14.4 Å². The number of esters is 1. The van der Waals surface area contributed by atoms with Gasteiger partial charge >= 0.3 is 17.9 Å². The molecule has 6 nitrogen and oxygen atoms in total. The maximum absolute atomic E-state index is 10.5. The molecule has 0 fully saturated rings. The molecule has 0 aromatic carbocycles. The zero-order valence-corrected chi connectivity index (χ0v) is 17.0. The first-order valence-corrected chi connectivity index (χ1v) is 9.25. The summed E-state index contributed by atoms with van der Waals surface area (Å²) in [5.41, 5.74) is 0.350. The van der Waals surface area contributed by atoms with Gasteiger partial charge in [-0.3, -0.25) is 0 Å². The Bertz CT molecular complexity index is 454. The molecule has 0 aromatic rings. The lowest BCUT2D eigenvalue weighted by Crippen LogP contribution is -2.06. The maximum atomic E-state index is 10.5. The minimum absolute atomic E-state index is 0.330. The van der Waals surface area contributed by atoms with Crippen LogP contribution in [-0.2, 0) is 19.1 Å². The molecule has 0 amide bonds. The maximum Gasteiger partial charge on any atom is 0.330 e. The molecule has 0 aliphatic rings. The first kappa shape index (κ1) is 29.4. The first-order valence-electron chi connectivity index (χ1n) is 9.25. The average molecular weight is 385 g/mol. The molecule has 0 saturated carbocycles. The molecule has 6 heteroatoms. The molecule has 0 saturated heterocycles. The Labute approximate surface area is 163 Å². The van der Waals surface area contributed by atoms with Crippen LogP contribution < -0.4 is 0 Å². The van der Waals surface area contributed by atoms with Crippen molar-refractivity contribution < 1.29 is 29.3 Å². The summed E-state index contributed by atoms with van der Waals surface area (Å²) in [6, 6.07) is 0. The van der Waals surface area contributed by atoms with Gasteiger partial charge in [0.05, 0.1) is 6.61 Å². The van der Waals surface area contributed by atoms with Crippen molar-refractivity contribution in [3.8, 4) is 0 Å². The van der Waals surface area contributed by atoms with Gasteiger partial charge < -0.3 is 14.9 Å². The van der Waals surface area contributed by atoms with E-state index in [4.69, 9.17) is 10.2 Å². The Balaban J connectivity index is -0.000000356. The van der Waals surface area contributed by atoms with E-state index in [1.54, 1.807) is 0 Å². The Kier molecular flexibility index (Phi) is 23.6. The molecular formula is C21H36O6. The fraction of sp³-hybridized carbons (Fsp3) is 0.571. The molecule has 0 spiro atoms. The summed E-state index contributed by atoms with van der Waals surface area (Å²) in [6.07, 6.45) is 9.17. The van der Waals surface area contributed by atoms with E-state index in [2.05, 4.69) is 38.3 Å². The molecule has 0 aromatic heterocycles. The zero-order valence-electron chi connectivity index (χ0n) is 17.0. The molecule has 0 heterocycles. The number of carboxylic acid groups (broad SMARTS) is 2. The Morgan fingerprint density at radius 2 is 1.52 bits per heavy atom. The van der Waals surface area contributed by atoms with E-state index in [1.165, 1.54) is 18.9 Å². The van der Waals surface area contributed by atoms with Gasteiger partial charge in [0.25, 0.3) is 0 Å². The van der Waals surface area contributed by atoms with E-state index in [0.29, 0.717) is 24.5 Å². The predicted molar refractivity (Wildman–Crippen MR) is 109 cm³/mol. The summed E-state index contributed by atoms with van der Waals surface area (Å²) in [5, 5.41) is 16.3. The van der Waals surface area contributed by atoms with Gasteiger partial charge in [-0.25, -0.2) is 14.4 Å². The Hall–Kier alpha value is -2.37. The van der Waals surface area contributed by atoms with E-state index < -0.39 is 11.9 Å². The van der Waals surface area contributed by atoms with Crippen molar-refractivity contribution in [2.24, 2.45) is 5.92 Å². The number of aliphatic carboxylic acids is 2. The third-order valence-corrected chi connectivity index (χ3v) is 3.46. The summed E-state index contributed by atoms with van der Waals surface area (Å²) in [6.45, 7) is 16.6. The highest BCUT2D eigenvalue weighted by Gasteiger charge is 2.11. The van der Waals surface area contributed by atoms with Crippen LogP contribution in [0.1, 0.15) is 65.7 Å². The van der Waals surface area contributed by atoms with Crippen molar-refractivity contribution in [2.45, 2.75) is 65.7 Å². The van der Waals surface area contributed by atoms with E-state index in [1.807, 2.05) is 6.92 Å². The zero-order chi connectivity index (χ0) is 21.7. The number of carboxylic acids is 2. The summed E-state index contributed by atoms with van der Waals surface area (Å²) in [7, 11) is 0. The van der Waals surface area contributed by atoms with E-state index in [0.717, 1.165) is 31.8 Å². The third kappa shape index (κ3) is 26.0. The smallest absolute Gasteiger partial charge is 0.330 e. The molecule has 156 valence electrons. The van der Waals surface area contributed by atoms with Crippen LogP contribution in [0, 0.1) is 5.92 Å². The molecule has 0 aliphatic heterocycles. The molecule has 0 radical (unpaired) electrons. The second-order valence-corrected chi connectivity index (χ2v) is 5.80. The van der Waals surface area contributed by atoms with Gasteiger partial charge in [-0.05, 0) is 18.8 Å². The number of carbonyl (C=O) groups is 3. The van der Waals surface area contributed by atoms with Crippen LogP contribution in [0.3, 0.4) is 0 Å². The molecular weight excluding hydrogens is 348 g/mol. The van der Waals surface area contributed by atoms with Gasteiger partial charge in [-0.15, -0.1) is 0 Å². The van der Waals surface area contributed by atoms with Crippen molar-refractivity contribution in [3.05, 3.63) is 37.5 Å². The lowest BCUT2D eigenvalue weighted by atomic mass is 9.92. The van der Waals surface area contributed by atoms with Crippen LogP contribution in [-0.4, -0.2) is 34.7 Å². The van der Waals surface area contributed by atoms with Crippen LogP contribution in [0.15, 0.2) is 37.5 Å². The van der Waals surface area contributed by atoms with Crippen LogP contribution >= 0.6 is 0 Å². The number of hydrogen-bond donors (Lipinski definition) is 2. The Morgan fingerprint density at radius 1 is 1.00 bits per heavy atom. The van der Waals surface area contributed by atoms with Crippen LogP contribution in [0.25, 0.3) is 0 Å². The highest BCUT2D eigenvalue weighted by molar-refractivity contribution is 5.85. The second kappa shape index (κ2) is 21.7. The van der Waals surface area contributed by atoms with E-state index in [-0.39, 0.29) is 5.97 Å². The SMILES string of the molecule is C=C(CC(CC)CCCC)C(=O)O.C=CC(=O)O.C=CC(=O)OCCCC. The summed E-state index contributed by atoms with van der Waals surface area (Å²) >= 11 is 0. The quantitative estimate of drug-likeness (QED) is 0.279. The molecule has 0 aliphatic carbocycles. The minimum atomic E-state index is -0.981. The van der Waals surface area contributed by atoms with Crippen LogP contribution in [0.5, 0.6) is 0 Å². The van der Waals surface area contributed by atoms with Crippen LogP contribution in [0.2, 0.25) is 0 Å². The van der Waals surface area contributed by atoms with Crippen molar-refractivity contribution in [1.82, 2.24) is 0 Å². The lowest BCUT2D eigenvalue weighted by Gasteiger charge is -2.13. The monoisotopic (exact) mass is 384 g/mol. The first-order chi connectivity index (χ1) is 12.7. The molecule has 27 heavy (non-hydrogen) atoms. The normalized spacial score (nSPS) is 10.0. The topological polar surface area (TPSA) is 101 Å². The number of carbonyl (C=O) groups excluding carboxylic acids is 1. The number of rotatable bonds is 12. The largest absolute Gasteiger partial charge is 0.478 e. The van der Waals surface area contributed by atoms with Crippen LogP contribution in [0.4, 0.5) is 0 Å². The minimum Gasteiger partial charge on any atom is -0.478 e. The van der Waals surface area contributed by atoms with E-state index >= 15 is 0 Å². The number of ether oxygens (including phenoxy) is 1. The van der Waals surface area contributed by atoms with Gasteiger partial charge in [0, 0.05) is 17.7 Å². The fourth-order valence-corrected chi connectivity index (χ4v) is 1.76. The van der Waals surface area contributed by atoms with Gasteiger partial charge in [-0.1, -0.05) is 72.6 Å². The molecule has 1 atom stereocenters.